The zero-order chi connectivity index (χ0) is 13.0. The molecule has 1 rings (SSSR count). The van der Waals surface area contributed by atoms with E-state index in [0.29, 0.717) is 13.2 Å². The van der Waals surface area contributed by atoms with Crippen molar-refractivity contribution < 1.29 is 14.3 Å². The highest BCUT2D eigenvalue weighted by Crippen LogP contribution is 2.09. The zero-order valence-corrected chi connectivity index (χ0v) is 10.6. The molecule has 17 heavy (non-hydrogen) atoms. The maximum Gasteiger partial charge on any atom is 0.245 e. The average Bonchev–Trinajstić information content (AvgIpc) is 2.27. The fraction of sp³-hybridized carbons (Fsp3) is 0.818. The second-order valence-corrected chi connectivity index (χ2v) is 4.57. The van der Waals surface area contributed by atoms with Gasteiger partial charge in [0, 0.05) is 12.6 Å². The molecule has 0 spiro atoms. The lowest BCUT2D eigenvalue weighted by Crippen LogP contribution is -2.59. The quantitative estimate of drug-likeness (QED) is 0.672. The summed E-state index contributed by atoms with van der Waals surface area (Å²) in [6.45, 7) is 6.46. The number of nitrogens with two attached hydrogens (primary N) is 1. The predicted molar refractivity (Wildman–Crippen MR) is 63.2 cm³/mol. The number of morpholine rings is 1. The number of amides is 2. The maximum absolute atomic E-state index is 11.9. The van der Waals surface area contributed by atoms with Crippen LogP contribution in [0.5, 0.6) is 0 Å². The summed E-state index contributed by atoms with van der Waals surface area (Å²) in [5, 5.41) is 2.78. The molecule has 1 fully saturated rings. The van der Waals surface area contributed by atoms with E-state index in [9.17, 15) is 9.59 Å². The van der Waals surface area contributed by atoms with E-state index in [-0.39, 0.29) is 24.5 Å². The number of rotatable bonds is 3. The van der Waals surface area contributed by atoms with Gasteiger partial charge >= 0.3 is 0 Å². The van der Waals surface area contributed by atoms with Gasteiger partial charge in [-0.25, -0.2) is 0 Å². The molecule has 0 radical (unpaired) electrons. The van der Waals surface area contributed by atoms with Crippen molar-refractivity contribution >= 4 is 11.8 Å². The number of hydrogen-bond donors (Lipinski definition) is 2. The Morgan fingerprint density at radius 2 is 2.06 bits per heavy atom. The molecule has 1 aliphatic rings. The number of nitrogens with one attached hydrogen (secondary N) is 1. The van der Waals surface area contributed by atoms with Gasteiger partial charge in [0.25, 0.3) is 0 Å². The van der Waals surface area contributed by atoms with E-state index in [4.69, 9.17) is 10.5 Å². The molecule has 98 valence electrons. The largest absolute Gasteiger partial charge is 0.377 e. The molecule has 1 heterocycles. The third-order valence-electron chi connectivity index (χ3n) is 2.53. The first-order valence-corrected chi connectivity index (χ1v) is 5.87. The van der Waals surface area contributed by atoms with Gasteiger partial charge in [0.15, 0.2) is 0 Å². The van der Waals surface area contributed by atoms with Crippen molar-refractivity contribution in [3.63, 3.8) is 0 Å². The van der Waals surface area contributed by atoms with Crippen LogP contribution in [0.25, 0.3) is 0 Å². The first-order valence-electron chi connectivity index (χ1n) is 5.87. The minimum absolute atomic E-state index is 0.0386. The van der Waals surface area contributed by atoms with E-state index in [2.05, 4.69) is 5.32 Å². The standard InChI is InChI=1S/C11H21N3O3/c1-7(2)13-10(15)9-6-17-5-4-14(9)11(16)8(3)12/h7-9H,4-6,12H2,1-3H3,(H,13,15)/t8-,9?/m0/s1. The molecule has 2 amide bonds. The highest BCUT2D eigenvalue weighted by Gasteiger charge is 2.33. The minimum atomic E-state index is -0.595. The van der Waals surface area contributed by atoms with E-state index in [1.165, 1.54) is 4.90 Å². The van der Waals surface area contributed by atoms with Crippen molar-refractivity contribution in [2.24, 2.45) is 5.73 Å². The summed E-state index contributed by atoms with van der Waals surface area (Å²) in [7, 11) is 0. The van der Waals surface area contributed by atoms with Crippen LogP contribution in [0.15, 0.2) is 0 Å². The van der Waals surface area contributed by atoms with E-state index in [0.717, 1.165) is 0 Å². The molecular weight excluding hydrogens is 222 g/mol. The second kappa shape index (κ2) is 5.97. The van der Waals surface area contributed by atoms with Gasteiger partial charge in [0.05, 0.1) is 19.3 Å². The Morgan fingerprint density at radius 1 is 1.41 bits per heavy atom. The van der Waals surface area contributed by atoms with Gasteiger partial charge in [-0.05, 0) is 20.8 Å². The molecule has 0 aromatic carbocycles. The van der Waals surface area contributed by atoms with Crippen LogP contribution in [0.4, 0.5) is 0 Å². The first-order chi connectivity index (χ1) is 7.93. The lowest BCUT2D eigenvalue weighted by atomic mass is 10.1. The van der Waals surface area contributed by atoms with Crippen LogP contribution in [-0.4, -0.2) is 54.6 Å². The number of carbonyl (C=O) groups excluding carboxylic acids is 2. The minimum Gasteiger partial charge on any atom is -0.377 e. The molecule has 1 aliphatic heterocycles. The molecule has 1 unspecified atom stereocenters. The van der Waals surface area contributed by atoms with Gasteiger partial charge in [-0.3, -0.25) is 9.59 Å². The molecule has 0 aromatic rings. The molecule has 0 aromatic heterocycles. The van der Waals surface area contributed by atoms with Crippen molar-refractivity contribution in [2.45, 2.75) is 38.9 Å². The molecule has 6 heteroatoms. The first kappa shape index (κ1) is 13.9. The van der Waals surface area contributed by atoms with E-state index in [1.807, 2.05) is 13.8 Å². The molecule has 1 saturated heterocycles. The number of nitrogens with zero attached hydrogens (tertiary/aromatic N) is 1. The summed E-state index contributed by atoms with van der Waals surface area (Å²) in [5.41, 5.74) is 5.57. The number of ether oxygens (including phenoxy) is 1. The molecular formula is C11H21N3O3. The van der Waals surface area contributed by atoms with Gasteiger partial charge in [-0.2, -0.15) is 0 Å². The van der Waals surface area contributed by atoms with Crippen molar-refractivity contribution in [1.82, 2.24) is 10.2 Å². The molecule has 6 nitrogen and oxygen atoms in total. The van der Waals surface area contributed by atoms with Gasteiger partial charge in [0.1, 0.15) is 6.04 Å². The Bertz CT molecular complexity index is 292. The van der Waals surface area contributed by atoms with Crippen LogP contribution in [0, 0.1) is 0 Å². The van der Waals surface area contributed by atoms with Crippen molar-refractivity contribution in [3.05, 3.63) is 0 Å². The fourth-order valence-corrected chi connectivity index (χ4v) is 1.73. The van der Waals surface area contributed by atoms with Crippen molar-refractivity contribution in [3.8, 4) is 0 Å². The average molecular weight is 243 g/mol. The number of carbonyl (C=O) groups is 2. The Kier molecular flexibility index (Phi) is 4.89. The Morgan fingerprint density at radius 3 is 2.59 bits per heavy atom. The summed E-state index contributed by atoms with van der Waals surface area (Å²) < 4.78 is 5.25. The molecule has 2 atom stereocenters. The van der Waals surface area contributed by atoms with E-state index < -0.39 is 12.1 Å². The highest BCUT2D eigenvalue weighted by atomic mass is 16.5. The van der Waals surface area contributed by atoms with Crippen LogP contribution >= 0.6 is 0 Å². The topological polar surface area (TPSA) is 84.7 Å². The lowest BCUT2D eigenvalue weighted by molar-refractivity contribution is -0.149. The Hall–Kier alpha value is -1.14. The predicted octanol–water partition coefficient (Wildman–Crippen LogP) is -0.914. The third-order valence-corrected chi connectivity index (χ3v) is 2.53. The molecule has 0 saturated carbocycles. The van der Waals surface area contributed by atoms with Crippen LogP contribution in [0.1, 0.15) is 20.8 Å². The van der Waals surface area contributed by atoms with E-state index >= 15 is 0 Å². The summed E-state index contributed by atoms with van der Waals surface area (Å²) in [6, 6.07) is -1.12. The van der Waals surface area contributed by atoms with Crippen LogP contribution in [0.2, 0.25) is 0 Å². The summed E-state index contributed by atoms with van der Waals surface area (Å²) >= 11 is 0. The monoisotopic (exact) mass is 243 g/mol. The van der Waals surface area contributed by atoms with Crippen LogP contribution in [-0.2, 0) is 14.3 Å². The zero-order valence-electron chi connectivity index (χ0n) is 10.6. The Balaban J connectivity index is 2.72. The highest BCUT2D eigenvalue weighted by molar-refractivity contribution is 5.90. The van der Waals surface area contributed by atoms with Gasteiger partial charge in [-0.15, -0.1) is 0 Å². The van der Waals surface area contributed by atoms with Crippen LogP contribution in [0.3, 0.4) is 0 Å². The second-order valence-electron chi connectivity index (χ2n) is 4.57. The van der Waals surface area contributed by atoms with Gasteiger partial charge in [0.2, 0.25) is 11.8 Å². The molecule has 0 aliphatic carbocycles. The third kappa shape index (κ3) is 3.67. The van der Waals surface area contributed by atoms with Gasteiger partial charge in [-0.1, -0.05) is 0 Å². The SMILES string of the molecule is CC(C)NC(=O)C1COCCN1C(=O)[C@H](C)N. The maximum atomic E-state index is 11.9. The normalized spacial score (nSPS) is 22.4. The lowest BCUT2D eigenvalue weighted by Gasteiger charge is -2.35. The van der Waals surface area contributed by atoms with Gasteiger partial charge < -0.3 is 20.7 Å². The van der Waals surface area contributed by atoms with Crippen molar-refractivity contribution in [1.29, 1.82) is 0 Å². The molecule has 0 bridgehead atoms. The fourth-order valence-electron chi connectivity index (χ4n) is 1.73. The summed E-state index contributed by atoms with van der Waals surface area (Å²) in [6.07, 6.45) is 0. The van der Waals surface area contributed by atoms with Crippen LogP contribution < -0.4 is 11.1 Å². The summed E-state index contributed by atoms with van der Waals surface area (Å²) in [5.74, 6) is -0.397. The number of hydrogen-bond acceptors (Lipinski definition) is 4. The Labute approximate surface area is 101 Å². The van der Waals surface area contributed by atoms with E-state index in [1.54, 1.807) is 6.92 Å². The van der Waals surface area contributed by atoms with Crippen molar-refractivity contribution in [2.75, 3.05) is 19.8 Å². The smallest absolute Gasteiger partial charge is 0.245 e. The molecule has 3 N–H and O–H groups in total. The summed E-state index contributed by atoms with van der Waals surface area (Å²) in [4.78, 5) is 25.3.